The van der Waals surface area contributed by atoms with Crippen LogP contribution in [0.25, 0.3) is 0 Å². The van der Waals surface area contributed by atoms with Crippen molar-refractivity contribution in [3.05, 3.63) is 11.2 Å². The molecule has 1 amide bonds. The summed E-state index contributed by atoms with van der Waals surface area (Å²) in [6.07, 6.45) is 1.54. The van der Waals surface area contributed by atoms with Crippen LogP contribution in [0.15, 0.2) is 11.2 Å². The van der Waals surface area contributed by atoms with Crippen molar-refractivity contribution in [3.63, 3.8) is 0 Å². The Bertz CT molecular complexity index is 230. The summed E-state index contributed by atoms with van der Waals surface area (Å²) in [4.78, 5) is 14.1. The highest BCUT2D eigenvalue weighted by Gasteiger charge is 2.26. The number of hydrogen-bond donors (Lipinski definition) is 0. The van der Waals surface area contributed by atoms with Crippen LogP contribution in [0.4, 0.5) is 0 Å². The smallest absolute Gasteiger partial charge is 0.264 e. The number of ether oxygens (including phenoxy) is 2. The molecule has 0 spiro atoms. The fraction of sp³-hybridized carbons (Fsp3) is 0.667. The van der Waals surface area contributed by atoms with E-state index in [2.05, 4.69) is 0 Å². The molecule has 0 atom stereocenters. The van der Waals surface area contributed by atoms with E-state index in [0.717, 1.165) is 0 Å². The molecule has 0 radical (unpaired) electrons. The summed E-state index contributed by atoms with van der Waals surface area (Å²) < 4.78 is 9.99. The molecule has 0 aromatic carbocycles. The highest BCUT2D eigenvalue weighted by molar-refractivity contribution is 8.04. The number of nitrogens with zero attached hydrogens (tertiary/aromatic N) is 1. The molecular weight excluding hydrogens is 202 g/mol. The summed E-state index contributed by atoms with van der Waals surface area (Å²) in [5, 5.41) is 0. The lowest BCUT2D eigenvalue weighted by molar-refractivity contribution is -0.125. The molecule has 1 heterocycles. The number of thioether (sulfide) groups is 1. The number of methoxy groups -OCH3 is 1. The first-order valence-electron chi connectivity index (χ1n) is 4.52. The van der Waals surface area contributed by atoms with E-state index in [9.17, 15) is 4.79 Å². The normalized spacial score (nSPS) is 19.4. The third-order valence-electron chi connectivity index (χ3n) is 1.80. The average molecular weight is 217 g/mol. The van der Waals surface area contributed by atoms with Gasteiger partial charge in [-0.25, -0.2) is 0 Å². The molecule has 1 aliphatic rings. The molecule has 0 saturated carbocycles. The standard InChI is InChI=1S/C9H15NO3S/c1-3-13-6-8-9(11)10(7-14-8)4-5-12-2/h6H,3-5,7H2,1-2H3. The van der Waals surface area contributed by atoms with Crippen LogP contribution in [0.5, 0.6) is 0 Å². The molecule has 0 unspecified atom stereocenters. The first-order chi connectivity index (χ1) is 6.79. The molecule has 80 valence electrons. The van der Waals surface area contributed by atoms with Crippen molar-refractivity contribution in [2.75, 3.05) is 32.7 Å². The zero-order chi connectivity index (χ0) is 10.4. The summed E-state index contributed by atoms with van der Waals surface area (Å²) in [5.74, 6) is 0.738. The first kappa shape index (κ1) is 11.4. The van der Waals surface area contributed by atoms with E-state index in [1.807, 2.05) is 6.92 Å². The molecule has 1 fully saturated rings. The molecule has 1 rings (SSSR count). The maximum atomic E-state index is 11.6. The monoisotopic (exact) mass is 217 g/mol. The van der Waals surface area contributed by atoms with Crippen LogP contribution in [0.1, 0.15) is 6.92 Å². The minimum Gasteiger partial charge on any atom is -0.500 e. The van der Waals surface area contributed by atoms with Gasteiger partial charge in [0, 0.05) is 13.7 Å². The quantitative estimate of drug-likeness (QED) is 0.509. The fourth-order valence-corrected chi connectivity index (χ4v) is 1.96. The van der Waals surface area contributed by atoms with Gasteiger partial charge in [-0.15, -0.1) is 0 Å². The van der Waals surface area contributed by atoms with E-state index in [-0.39, 0.29) is 5.91 Å². The minimum atomic E-state index is 0.0421. The fourth-order valence-electron chi connectivity index (χ4n) is 1.03. The summed E-state index contributed by atoms with van der Waals surface area (Å²) in [6, 6.07) is 0. The Labute approximate surface area is 88.2 Å². The Morgan fingerprint density at radius 3 is 3.07 bits per heavy atom. The lowest BCUT2D eigenvalue weighted by Gasteiger charge is -2.12. The molecule has 0 aliphatic carbocycles. The van der Waals surface area contributed by atoms with Crippen LogP contribution >= 0.6 is 11.8 Å². The second kappa shape index (κ2) is 5.93. The zero-order valence-electron chi connectivity index (χ0n) is 8.49. The van der Waals surface area contributed by atoms with Crippen molar-refractivity contribution in [2.45, 2.75) is 6.92 Å². The SMILES string of the molecule is CCOC=C1SCN(CCOC)C1=O. The molecule has 0 aromatic rings. The maximum absolute atomic E-state index is 11.6. The van der Waals surface area contributed by atoms with Gasteiger partial charge < -0.3 is 14.4 Å². The van der Waals surface area contributed by atoms with Crippen molar-refractivity contribution in [3.8, 4) is 0 Å². The predicted molar refractivity (Wildman–Crippen MR) is 55.8 cm³/mol. The molecule has 14 heavy (non-hydrogen) atoms. The van der Waals surface area contributed by atoms with Crippen LogP contribution in [0, 0.1) is 0 Å². The third-order valence-corrected chi connectivity index (χ3v) is 2.82. The molecule has 0 N–H and O–H groups in total. The lowest BCUT2D eigenvalue weighted by atomic mass is 10.5. The second-order valence-corrected chi connectivity index (χ2v) is 3.76. The number of hydrogen-bond acceptors (Lipinski definition) is 4. The lowest BCUT2D eigenvalue weighted by Crippen LogP contribution is -2.28. The van der Waals surface area contributed by atoms with Crippen molar-refractivity contribution >= 4 is 17.7 Å². The van der Waals surface area contributed by atoms with Crippen LogP contribution in [-0.2, 0) is 14.3 Å². The second-order valence-electron chi connectivity index (χ2n) is 2.77. The van der Waals surface area contributed by atoms with Gasteiger partial charge in [0.2, 0.25) is 0 Å². The van der Waals surface area contributed by atoms with Gasteiger partial charge in [-0.2, -0.15) is 0 Å². The Morgan fingerprint density at radius 2 is 2.43 bits per heavy atom. The van der Waals surface area contributed by atoms with E-state index in [4.69, 9.17) is 9.47 Å². The Morgan fingerprint density at radius 1 is 1.64 bits per heavy atom. The number of carbonyl (C=O) groups excluding carboxylic acids is 1. The highest BCUT2D eigenvalue weighted by Crippen LogP contribution is 2.27. The van der Waals surface area contributed by atoms with E-state index in [1.165, 1.54) is 11.8 Å². The third kappa shape index (κ3) is 2.92. The largest absolute Gasteiger partial charge is 0.500 e. The average Bonchev–Trinajstić information content (AvgIpc) is 2.54. The van der Waals surface area contributed by atoms with Crippen LogP contribution in [0.2, 0.25) is 0 Å². The Hall–Kier alpha value is -0.680. The van der Waals surface area contributed by atoms with Crippen molar-refractivity contribution in [1.82, 2.24) is 4.90 Å². The summed E-state index contributed by atoms with van der Waals surface area (Å²) in [5.41, 5.74) is 0. The molecule has 5 heteroatoms. The van der Waals surface area contributed by atoms with Gasteiger partial charge in [0.1, 0.15) is 11.2 Å². The van der Waals surface area contributed by atoms with E-state index < -0.39 is 0 Å². The highest BCUT2D eigenvalue weighted by atomic mass is 32.2. The van der Waals surface area contributed by atoms with Crippen LogP contribution in [0.3, 0.4) is 0 Å². The zero-order valence-corrected chi connectivity index (χ0v) is 9.30. The van der Waals surface area contributed by atoms with Gasteiger partial charge >= 0.3 is 0 Å². The van der Waals surface area contributed by atoms with Gasteiger partial charge in [0.15, 0.2) is 0 Å². The van der Waals surface area contributed by atoms with Crippen molar-refractivity contribution in [2.24, 2.45) is 0 Å². The first-order valence-corrected chi connectivity index (χ1v) is 5.51. The molecule has 1 saturated heterocycles. The maximum Gasteiger partial charge on any atom is 0.264 e. The van der Waals surface area contributed by atoms with E-state index in [0.29, 0.717) is 30.5 Å². The van der Waals surface area contributed by atoms with Crippen LogP contribution in [-0.4, -0.2) is 43.6 Å². The molecule has 0 bridgehead atoms. The van der Waals surface area contributed by atoms with Crippen molar-refractivity contribution < 1.29 is 14.3 Å². The van der Waals surface area contributed by atoms with Gasteiger partial charge in [0.05, 0.1) is 19.1 Å². The molecular formula is C9H15NO3S. The molecule has 4 nitrogen and oxygen atoms in total. The minimum absolute atomic E-state index is 0.0421. The van der Waals surface area contributed by atoms with E-state index >= 15 is 0 Å². The van der Waals surface area contributed by atoms with Gasteiger partial charge in [-0.05, 0) is 6.92 Å². The van der Waals surface area contributed by atoms with Crippen molar-refractivity contribution in [1.29, 1.82) is 0 Å². The number of rotatable bonds is 5. The molecule has 0 aromatic heterocycles. The summed E-state index contributed by atoms with van der Waals surface area (Å²) >= 11 is 1.51. The van der Waals surface area contributed by atoms with Crippen LogP contribution < -0.4 is 0 Å². The van der Waals surface area contributed by atoms with Gasteiger partial charge in [-0.1, -0.05) is 11.8 Å². The number of carbonyl (C=O) groups is 1. The number of amides is 1. The Kier molecular flexibility index (Phi) is 4.82. The Balaban J connectivity index is 2.42. The topological polar surface area (TPSA) is 38.8 Å². The van der Waals surface area contributed by atoms with E-state index in [1.54, 1.807) is 18.3 Å². The van der Waals surface area contributed by atoms with Gasteiger partial charge in [-0.3, -0.25) is 4.79 Å². The predicted octanol–water partition coefficient (Wildman–Crippen LogP) is 1.04. The molecule has 1 aliphatic heterocycles. The van der Waals surface area contributed by atoms with Gasteiger partial charge in [0.25, 0.3) is 5.91 Å². The summed E-state index contributed by atoms with van der Waals surface area (Å²) in [6.45, 7) is 3.71. The summed E-state index contributed by atoms with van der Waals surface area (Å²) in [7, 11) is 1.63.